The van der Waals surface area contributed by atoms with Crippen LogP contribution in [0.1, 0.15) is 21.5 Å². The van der Waals surface area contributed by atoms with E-state index in [9.17, 15) is 9.18 Å². The van der Waals surface area contributed by atoms with E-state index in [1.165, 1.54) is 30.5 Å². The molecular weight excluding hydrogens is 331 g/mol. The zero-order valence-corrected chi connectivity index (χ0v) is 13.9. The Morgan fingerprint density at radius 3 is 2.54 bits per heavy atom. The maximum absolute atomic E-state index is 12.9. The van der Waals surface area contributed by atoms with Crippen LogP contribution in [0.5, 0.6) is 5.75 Å². The minimum atomic E-state index is -0.405. The van der Waals surface area contributed by atoms with Crippen LogP contribution in [0.25, 0.3) is 0 Å². The van der Waals surface area contributed by atoms with Crippen LogP contribution < -0.4 is 10.2 Å². The summed E-state index contributed by atoms with van der Waals surface area (Å²) in [5.74, 6) is -0.0854. The van der Waals surface area contributed by atoms with Crippen LogP contribution in [0.4, 0.5) is 4.39 Å². The number of hydrazone groups is 1. The highest BCUT2D eigenvalue weighted by Gasteiger charge is 2.03. The Morgan fingerprint density at radius 1 is 1.00 bits per heavy atom. The van der Waals surface area contributed by atoms with Gasteiger partial charge in [-0.2, -0.15) is 5.10 Å². The topological polar surface area (TPSA) is 50.7 Å². The quantitative estimate of drug-likeness (QED) is 0.537. The van der Waals surface area contributed by atoms with E-state index in [4.69, 9.17) is 4.74 Å². The maximum Gasteiger partial charge on any atom is 0.271 e. The smallest absolute Gasteiger partial charge is 0.271 e. The van der Waals surface area contributed by atoms with Gasteiger partial charge in [0.25, 0.3) is 5.91 Å². The second-order valence-electron chi connectivity index (χ2n) is 5.55. The van der Waals surface area contributed by atoms with Gasteiger partial charge < -0.3 is 4.74 Å². The van der Waals surface area contributed by atoms with E-state index < -0.39 is 11.7 Å². The van der Waals surface area contributed by atoms with Crippen LogP contribution in [0.2, 0.25) is 0 Å². The fourth-order valence-corrected chi connectivity index (χ4v) is 2.26. The van der Waals surface area contributed by atoms with Crippen LogP contribution >= 0.6 is 0 Å². The standard InChI is InChI=1S/C21H17FN2O2/c22-19-11-9-18(10-12-19)21(25)24-23-14-17-7-4-8-20(13-17)26-15-16-5-2-1-3-6-16/h1-14H,15H2,(H,24,25)/b23-14+. The summed E-state index contributed by atoms with van der Waals surface area (Å²) in [5, 5.41) is 3.93. The number of halogens is 1. The molecule has 0 aliphatic heterocycles. The molecular formula is C21H17FN2O2. The molecule has 0 saturated carbocycles. The molecule has 3 rings (SSSR count). The molecule has 1 N–H and O–H groups in total. The number of benzene rings is 3. The second-order valence-corrected chi connectivity index (χ2v) is 5.55. The number of nitrogens with one attached hydrogen (secondary N) is 1. The van der Waals surface area contributed by atoms with Crippen molar-refractivity contribution in [2.75, 3.05) is 0 Å². The zero-order valence-electron chi connectivity index (χ0n) is 13.9. The van der Waals surface area contributed by atoms with E-state index in [0.29, 0.717) is 17.9 Å². The van der Waals surface area contributed by atoms with Crippen molar-refractivity contribution in [1.29, 1.82) is 0 Å². The lowest BCUT2D eigenvalue weighted by Gasteiger charge is -2.06. The molecule has 5 heteroatoms. The summed E-state index contributed by atoms with van der Waals surface area (Å²) >= 11 is 0. The molecule has 26 heavy (non-hydrogen) atoms. The molecule has 3 aromatic carbocycles. The summed E-state index contributed by atoms with van der Waals surface area (Å²) in [6.45, 7) is 0.475. The van der Waals surface area contributed by atoms with Gasteiger partial charge in [0.1, 0.15) is 18.2 Å². The van der Waals surface area contributed by atoms with E-state index in [1.54, 1.807) is 0 Å². The molecule has 4 nitrogen and oxygen atoms in total. The number of ether oxygens (including phenoxy) is 1. The number of nitrogens with zero attached hydrogens (tertiary/aromatic N) is 1. The van der Waals surface area contributed by atoms with Crippen LogP contribution in [0.3, 0.4) is 0 Å². The molecule has 0 heterocycles. The van der Waals surface area contributed by atoms with Crippen LogP contribution in [-0.4, -0.2) is 12.1 Å². The number of rotatable bonds is 6. The Bertz CT molecular complexity index is 893. The number of carbonyl (C=O) groups excluding carboxylic acids is 1. The van der Waals surface area contributed by atoms with Crippen molar-refractivity contribution in [3.05, 3.63) is 101 Å². The fraction of sp³-hybridized carbons (Fsp3) is 0.0476. The van der Waals surface area contributed by atoms with E-state index in [0.717, 1.165) is 11.1 Å². The molecule has 1 amide bonds. The molecule has 3 aromatic rings. The molecule has 0 saturated heterocycles. The van der Waals surface area contributed by atoms with Crippen molar-refractivity contribution in [2.24, 2.45) is 5.10 Å². The highest BCUT2D eigenvalue weighted by Crippen LogP contribution is 2.14. The Labute approximate surface area is 150 Å². The molecule has 0 aliphatic carbocycles. The number of hydrogen-bond acceptors (Lipinski definition) is 3. The first kappa shape index (κ1) is 17.4. The Hall–Kier alpha value is -3.47. The summed E-state index contributed by atoms with van der Waals surface area (Å²) in [6.07, 6.45) is 1.52. The third-order valence-electron chi connectivity index (χ3n) is 3.59. The van der Waals surface area contributed by atoms with Gasteiger partial charge in [0.15, 0.2) is 0 Å². The lowest BCUT2D eigenvalue weighted by molar-refractivity contribution is 0.0955. The molecule has 0 unspecified atom stereocenters. The number of amides is 1. The fourth-order valence-electron chi connectivity index (χ4n) is 2.26. The van der Waals surface area contributed by atoms with Gasteiger partial charge in [0.05, 0.1) is 6.21 Å². The van der Waals surface area contributed by atoms with Crippen LogP contribution in [0, 0.1) is 5.82 Å². The van der Waals surface area contributed by atoms with Crippen molar-refractivity contribution >= 4 is 12.1 Å². The Balaban J connectivity index is 1.56. The molecule has 0 fully saturated rings. The van der Waals surface area contributed by atoms with Gasteiger partial charge in [-0.3, -0.25) is 4.79 Å². The molecule has 0 spiro atoms. The lowest BCUT2D eigenvalue weighted by atomic mass is 10.2. The average Bonchev–Trinajstić information content (AvgIpc) is 2.68. The van der Waals surface area contributed by atoms with Gasteiger partial charge in [0.2, 0.25) is 0 Å². The summed E-state index contributed by atoms with van der Waals surface area (Å²) in [4.78, 5) is 11.9. The van der Waals surface area contributed by atoms with E-state index >= 15 is 0 Å². The largest absolute Gasteiger partial charge is 0.489 e. The molecule has 0 bridgehead atoms. The van der Waals surface area contributed by atoms with Crippen molar-refractivity contribution in [1.82, 2.24) is 5.43 Å². The summed E-state index contributed by atoms with van der Waals surface area (Å²) < 4.78 is 18.6. The van der Waals surface area contributed by atoms with Crippen molar-refractivity contribution in [2.45, 2.75) is 6.61 Å². The van der Waals surface area contributed by atoms with Crippen molar-refractivity contribution < 1.29 is 13.9 Å². The Kier molecular flexibility index (Phi) is 5.72. The molecule has 0 aromatic heterocycles. The zero-order chi connectivity index (χ0) is 18.2. The third kappa shape index (κ3) is 5.01. The van der Waals surface area contributed by atoms with E-state index in [-0.39, 0.29) is 0 Å². The SMILES string of the molecule is O=C(N/N=C/c1cccc(OCc2ccccc2)c1)c1ccc(F)cc1. The first-order valence-corrected chi connectivity index (χ1v) is 8.06. The minimum Gasteiger partial charge on any atom is -0.489 e. The molecule has 0 radical (unpaired) electrons. The van der Waals surface area contributed by atoms with Gasteiger partial charge >= 0.3 is 0 Å². The minimum absolute atomic E-state index is 0.337. The molecule has 130 valence electrons. The second kappa shape index (κ2) is 8.58. The predicted molar refractivity (Wildman–Crippen MR) is 98.7 cm³/mol. The van der Waals surface area contributed by atoms with Crippen LogP contribution in [0.15, 0.2) is 84.0 Å². The van der Waals surface area contributed by atoms with Gasteiger partial charge in [-0.25, -0.2) is 9.82 Å². The normalized spacial score (nSPS) is 10.7. The lowest BCUT2D eigenvalue weighted by Crippen LogP contribution is -2.17. The van der Waals surface area contributed by atoms with Gasteiger partial charge in [0, 0.05) is 5.56 Å². The predicted octanol–water partition coefficient (Wildman–Crippen LogP) is 4.17. The maximum atomic E-state index is 12.9. The van der Waals surface area contributed by atoms with Crippen LogP contribution in [-0.2, 0) is 6.61 Å². The monoisotopic (exact) mass is 348 g/mol. The van der Waals surface area contributed by atoms with Gasteiger partial charge in [-0.15, -0.1) is 0 Å². The van der Waals surface area contributed by atoms with Gasteiger partial charge in [-0.05, 0) is 47.5 Å². The molecule has 0 aliphatic rings. The summed E-state index contributed by atoms with van der Waals surface area (Å²) in [6, 6.07) is 22.5. The number of hydrogen-bond donors (Lipinski definition) is 1. The summed E-state index contributed by atoms with van der Waals surface area (Å²) in [7, 11) is 0. The highest BCUT2D eigenvalue weighted by molar-refractivity contribution is 5.94. The average molecular weight is 348 g/mol. The van der Waals surface area contributed by atoms with Crippen molar-refractivity contribution in [3.63, 3.8) is 0 Å². The first-order valence-electron chi connectivity index (χ1n) is 8.06. The number of carbonyl (C=O) groups is 1. The first-order chi connectivity index (χ1) is 12.7. The molecule has 0 atom stereocenters. The Morgan fingerprint density at radius 2 is 1.77 bits per heavy atom. The highest BCUT2D eigenvalue weighted by atomic mass is 19.1. The van der Waals surface area contributed by atoms with Crippen molar-refractivity contribution in [3.8, 4) is 5.75 Å². The van der Waals surface area contributed by atoms with E-state index in [1.807, 2.05) is 54.6 Å². The van der Waals surface area contributed by atoms with E-state index in [2.05, 4.69) is 10.5 Å². The summed E-state index contributed by atoms with van der Waals surface area (Å²) in [5.41, 5.74) is 4.62. The van der Waals surface area contributed by atoms with Gasteiger partial charge in [-0.1, -0.05) is 42.5 Å². The third-order valence-corrected chi connectivity index (χ3v) is 3.59.